The van der Waals surface area contributed by atoms with Crippen LogP contribution in [0.15, 0.2) is 46.7 Å². The first-order chi connectivity index (χ1) is 7.88. The Morgan fingerprint density at radius 2 is 1.88 bits per heavy atom. The summed E-state index contributed by atoms with van der Waals surface area (Å²) in [7, 11) is -4.61. The van der Waals surface area contributed by atoms with Gasteiger partial charge in [0.25, 0.3) is 0 Å². The van der Waals surface area contributed by atoms with E-state index in [1.54, 1.807) is 37.3 Å². The van der Waals surface area contributed by atoms with Crippen molar-refractivity contribution < 1.29 is 14.4 Å². The Morgan fingerprint density at radius 3 is 2.29 bits per heavy atom. The number of hydrogen-bond acceptors (Lipinski definition) is 2. The predicted octanol–water partition coefficient (Wildman–Crippen LogP) is 2.56. The molecule has 0 spiro atoms. The molecule has 0 aliphatic carbocycles. The number of quaternary nitrogens is 1. The lowest BCUT2D eigenvalue weighted by Crippen LogP contribution is -2.35. The van der Waals surface area contributed by atoms with Crippen LogP contribution < -0.4 is 4.36 Å². The van der Waals surface area contributed by atoms with E-state index >= 15 is 0 Å². The van der Waals surface area contributed by atoms with Gasteiger partial charge in [-0.3, -0.25) is 9.79 Å². The van der Waals surface area contributed by atoms with Crippen LogP contribution in [0.1, 0.15) is 6.92 Å². The largest absolute Gasteiger partial charge is 0.563 e. The van der Waals surface area contributed by atoms with Crippen molar-refractivity contribution in [3.63, 3.8) is 0 Å². The van der Waals surface area contributed by atoms with Crippen LogP contribution in [-0.4, -0.2) is 15.5 Å². The molecule has 0 saturated carbocycles. The Morgan fingerprint density at radius 1 is 1.29 bits per heavy atom. The standard InChI is InChI=1S/C10H10ClN2O3P/c1-8-7-10(11)13(12-8,17(14,15)16)9-5-3-2-4-6-9/h2-7H,1H3,(H-,14,15,16)/p+1. The third-order valence-corrected chi connectivity index (χ3v) is 4.18. The molecule has 2 N–H and O–H groups in total. The quantitative estimate of drug-likeness (QED) is 0.643. The molecule has 1 atom stereocenters. The average molecular weight is 274 g/mol. The minimum atomic E-state index is -4.61. The topological polar surface area (TPSA) is 69.9 Å². The van der Waals surface area contributed by atoms with Crippen LogP contribution >= 0.6 is 19.3 Å². The molecule has 0 fully saturated rings. The molecule has 0 saturated heterocycles. The van der Waals surface area contributed by atoms with E-state index in [-0.39, 0.29) is 5.16 Å². The number of benzene rings is 1. The van der Waals surface area contributed by atoms with E-state index in [0.717, 1.165) is 0 Å². The third kappa shape index (κ3) is 1.86. The minimum Gasteiger partial charge on any atom is -0.276 e. The Hall–Kier alpha value is -0.970. The molecule has 1 aromatic carbocycles. The molecule has 1 unspecified atom stereocenters. The average Bonchev–Trinajstić information content (AvgIpc) is 2.55. The van der Waals surface area contributed by atoms with Crippen LogP contribution in [-0.2, 0) is 4.57 Å². The van der Waals surface area contributed by atoms with Gasteiger partial charge in [0.1, 0.15) is 5.71 Å². The number of nitrogens with zero attached hydrogens (tertiary/aromatic N) is 2. The predicted molar refractivity (Wildman–Crippen MR) is 67.3 cm³/mol. The van der Waals surface area contributed by atoms with Gasteiger partial charge in [-0.25, -0.2) is 0 Å². The number of hydrogen-bond donors (Lipinski definition) is 2. The van der Waals surface area contributed by atoms with E-state index in [9.17, 15) is 14.4 Å². The molecule has 0 radical (unpaired) electrons. The van der Waals surface area contributed by atoms with E-state index < -0.39 is 12.1 Å². The monoisotopic (exact) mass is 273 g/mol. The summed E-state index contributed by atoms with van der Waals surface area (Å²) < 4.78 is 10.8. The highest BCUT2D eigenvalue weighted by atomic mass is 35.5. The lowest BCUT2D eigenvalue weighted by Gasteiger charge is -2.27. The maximum absolute atomic E-state index is 11.7. The molecule has 1 heterocycles. The normalized spacial score (nSPS) is 24.5. The number of rotatable bonds is 2. The molecule has 1 aromatic rings. The molecule has 7 heteroatoms. The second-order valence-corrected chi connectivity index (χ2v) is 5.65. The fourth-order valence-electron chi connectivity index (χ4n) is 1.72. The van der Waals surface area contributed by atoms with Crippen molar-refractivity contribution in [2.24, 2.45) is 5.10 Å². The second kappa shape index (κ2) is 4.05. The van der Waals surface area contributed by atoms with E-state index in [1.165, 1.54) is 6.08 Å². The van der Waals surface area contributed by atoms with Gasteiger partial charge < -0.3 is 0 Å². The number of halogens is 1. The molecule has 5 nitrogen and oxygen atoms in total. The van der Waals surface area contributed by atoms with Crippen molar-refractivity contribution in [1.82, 2.24) is 4.36 Å². The van der Waals surface area contributed by atoms with Gasteiger partial charge in [0.15, 0.2) is 5.69 Å². The maximum atomic E-state index is 11.7. The molecule has 0 amide bonds. The van der Waals surface area contributed by atoms with Crippen molar-refractivity contribution in [3.05, 3.63) is 41.6 Å². The zero-order chi connectivity index (χ0) is 12.7. The molecule has 0 bridgehead atoms. The van der Waals surface area contributed by atoms with Crippen LogP contribution in [0.5, 0.6) is 0 Å². The van der Waals surface area contributed by atoms with Gasteiger partial charge in [-0.05, 0) is 22.9 Å². The summed E-state index contributed by atoms with van der Waals surface area (Å²) in [6.07, 6.45) is 1.45. The summed E-state index contributed by atoms with van der Waals surface area (Å²) in [5.41, 5.74) is 0.807. The van der Waals surface area contributed by atoms with Crippen LogP contribution in [0.3, 0.4) is 0 Å². The highest BCUT2D eigenvalue weighted by Gasteiger charge is 2.55. The summed E-state index contributed by atoms with van der Waals surface area (Å²) in [6, 6.07) is 8.27. The SMILES string of the molecule is CC1=N[N+](c2ccccc2)(P(=O)(O)O)C(Cl)=C1. The summed E-state index contributed by atoms with van der Waals surface area (Å²) in [5, 5.41) is 4.00. The Balaban J connectivity index is 2.72. The molecule has 17 heavy (non-hydrogen) atoms. The lowest BCUT2D eigenvalue weighted by atomic mass is 10.3. The van der Waals surface area contributed by atoms with Crippen LogP contribution in [0.2, 0.25) is 0 Å². The summed E-state index contributed by atoms with van der Waals surface area (Å²) >= 11 is 5.98. The number of allylic oxidation sites excluding steroid dienone is 1. The Bertz CT molecular complexity index is 552. The van der Waals surface area contributed by atoms with Crippen molar-refractivity contribution in [2.45, 2.75) is 6.92 Å². The summed E-state index contributed by atoms with van der Waals surface area (Å²) in [4.78, 5) is 19.1. The van der Waals surface area contributed by atoms with Crippen molar-refractivity contribution >= 4 is 30.7 Å². The minimum absolute atomic E-state index is 0.0120. The molecular weight excluding hydrogens is 263 g/mol. The van der Waals surface area contributed by atoms with Gasteiger partial charge in [0, 0.05) is 18.2 Å². The van der Waals surface area contributed by atoms with Crippen LogP contribution in [0.25, 0.3) is 0 Å². The summed E-state index contributed by atoms with van der Waals surface area (Å²) in [6.45, 7) is 1.64. The zero-order valence-electron chi connectivity index (χ0n) is 8.99. The first-order valence-electron chi connectivity index (χ1n) is 4.83. The van der Waals surface area contributed by atoms with Gasteiger partial charge >= 0.3 is 7.75 Å². The van der Waals surface area contributed by atoms with Gasteiger partial charge in [0.05, 0.1) is 0 Å². The van der Waals surface area contributed by atoms with Crippen LogP contribution in [0.4, 0.5) is 5.69 Å². The second-order valence-electron chi connectivity index (χ2n) is 3.66. The first-order valence-corrected chi connectivity index (χ1v) is 6.77. The first kappa shape index (κ1) is 12.5. The highest BCUT2D eigenvalue weighted by molar-refractivity contribution is 7.51. The smallest absolute Gasteiger partial charge is 0.276 e. The Labute approximate surface area is 103 Å². The zero-order valence-corrected chi connectivity index (χ0v) is 10.6. The fourth-order valence-corrected chi connectivity index (χ4v) is 3.30. The lowest BCUT2D eigenvalue weighted by molar-refractivity contribution is 0.307. The van der Waals surface area contributed by atoms with E-state index in [0.29, 0.717) is 11.4 Å². The number of para-hydroxylation sites is 1. The van der Waals surface area contributed by atoms with Crippen LogP contribution in [0, 0.1) is 0 Å². The molecule has 0 aromatic heterocycles. The van der Waals surface area contributed by atoms with Gasteiger partial charge in [0.2, 0.25) is 5.16 Å². The van der Waals surface area contributed by atoms with Crippen molar-refractivity contribution in [1.29, 1.82) is 0 Å². The molecule has 90 valence electrons. The maximum Gasteiger partial charge on any atom is 0.563 e. The van der Waals surface area contributed by atoms with Gasteiger partial charge in [-0.15, -0.1) is 0 Å². The van der Waals surface area contributed by atoms with Gasteiger partial charge in [-0.2, -0.15) is 4.57 Å². The van der Waals surface area contributed by atoms with E-state index in [2.05, 4.69) is 5.10 Å². The third-order valence-electron chi connectivity index (χ3n) is 2.42. The fraction of sp³-hybridized carbons (Fsp3) is 0.100. The molecule has 1 aliphatic heterocycles. The van der Waals surface area contributed by atoms with E-state index in [1.807, 2.05) is 0 Å². The van der Waals surface area contributed by atoms with Crippen molar-refractivity contribution in [2.75, 3.05) is 0 Å². The highest BCUT2D eigenvalue weighted by Crippen LogP contribution is 2.58. The molecule has 1 aliphatic rings. The van der Waals surface area contributed by atoms with Gasteiger partial charge in [-0.1, -0.05) is 23.3 Å². The Kier molecular flexibility index (Phi) is 2.97. The molecule has 2 rings (SSSR count). The summed E-state index contributed by atoms with van der Waals surface area (Å²) in [5.74, 6) is 0. The molecular formula is C10H11ClN2O3P+. The van der Waals surface area contributed by atoms with Crippen molar-refractivity contribution in [3.8, 4) is 0 Å². The van der Waals surface area contributed by atoms with E-state index in [4.69, 9.17) is 11.6 Å².